The van der Waals surface area contributed by atoms with Gasteiger partial charge >= 0.3 is 0 Å². The minimum Gasteiger partial charge on any atom is -0.381 e. The first-order valence-electron chi connectivity index (χ1n) is 11.0. The molecule has 4 fully saturated rings. The van der Waals surface area contributed by atoms with Crippen molar-refractivity contribution in [3.63, 3.8) is 0 Å². The summed E-state index contributed by atoms with van der Waals surface area (Å²) in [6.45, 7) is 11.6. The fourth-order valence-corrected chi connectivity index (χ4v) is 3.92. The highest BCUT2D eigenvalue weighted by molar-refractivity contribution is 4.82. The Morgan fingerprint density at radius 2 is 1.36 bits per heavy atom. The van der Waals surface area contributed by atoms with Crippen molar-refractivity contribution in [2.45, 2.75) is 77.4 Å². The van der Waals surface area contributed by atoms with Crippen molar-refractivity contribution in [2.24, 2.45) is 17.6 Å². The van der Waals surface area contributed by atoms with Crippen LogP contribution in [0.5, 0.6) is 0 Å². The minimum atomic E-state index is 0.461. The number of hydrogen-bond donors (Lipinski definition) is 1. The first kappa shape index (κ1) is 21.1. The number of methoxy groups -OCH3 is 1. The summed E-state index contributed by atoms with van der Waals surface area (Å²) in [4.78, 5) is 5.15. The summed E-state index contributed by atoms with van der Waals surface area (Å²) in [5.74, 6) is 2.07. The summed E-state index contributed by atoms with van der Waals surface area (Å²) in [5.41, 5.74) is 5.88. The van der Waals surface area contributed by atoms with E-state index in [-0.39, 0.29) is 0 Å². The predicted molar refractivity (Wildman–Crippen MR) is 107 cm³/mol. The highest BCUT2D eigenvalue weighted by Gasteiger charge is 2.27. The first-order chi connectivity index (χ1) is 12.2. The number of piperidine rings is 2. The molecule has 148 valence electrons. The van der Waals surface area contributed by atoms with Crippen molar-refractivity contribution < 1.29 is 4.74 Å². The van der Waals surface area contributed by atoms with Crippen LogP contribution in [0.15, 0.2) is 0 Å². The van der Waals surface area contributed by atoms with Crippen LogP contribution in [0.4, 0.5) is 0 Å². The fourth-order valence-electron chi connectivity index (χ4n) is 3.92. The zero-order chi connectivity index (χ0) is 18.1. The van der Waals surface area contributed by atoms with Gasteiger partial charge in [0.15, 0.2) is 0 Å². The maximum atomic E-state index is 5.88. The molecule has 0 amide bonds. The Labute approximate surface area is 156 Å². The topological polar surface area (TPSA) is 41.7 Å². The third-order valence-corrected chi connectivity index (χ3v) is 5.84. The SMILES string of the molecule is CC.COC1CCN(CC2CC2)CC1.NC1CCCN(CC2CC2)C1. The van der Waals surface area contributed by atoms with E-state index in [1.165, 1.54) is 84.1 Å². The van der Waals surface area contributed by atoms with Crippen LogP contribution in [-0.2, 0) is 4.74 Å². The van der Waals surface area contributed by atoms with E-state index in [4.69, 9.17) is 10.5 Å². The number of likely N-dealkylation sites (tertiary alicyclic amines) is 2. The van der Waals surface area contributed by atoms with E-state index in [1.54, 1.807) is 0 Å². The Morgan fingerprint density at radius 3 is 1.84 bits per heavy atom. The van der Waals surface area contributed by atoms with Gasteiger partial charge in [-0.3, -0.25) is 0 Å². The molecule has 0 aromatic carbocycles. The minimum absolute atomic E-state index is 0.461. The molecule has 0 bridgehead atoms. The Hall–Kier alpha value is -0.160. The summed E-state index contributed by atoms with van der Waals surface area (Å²) < 4.78 is 5.33. The maximum Gasteiger partial charge on any atom is 0.0595 e. The van der Waals surface area contributed by atoms with Crippen molar-refractivity contribution in [2.75, 3.05) is 46.4 Å². The van der Waals surface area contributed by atoms with E-state index >= 15 is 0 Å². The average molecular weight is 354 g/mol. The number of rotatable bonds is 5. The molecule has 2 N–H and O–H groups in total. The van der Waals surface area contributed by atoms with Gasteiger partial charge in [-0.25, -0.2) is 0 Å². The summed E-state index contributed by atoms with van der Waals surface area (Å²) in [6.07, 6.45) is 11.5. The number of hydrogen-bond acceptors (Lipinski definition) is 4. The molecule has 1 unspecified atom stereocenters. The Balaban J connectivity index is 0.000000165. The zero-order valence-corrected chi connectivity index (χ0v) is 17.1. The highest BCUT2D eigenvalue weighted by Crippen LogP contribution is 2.31. The van der Waals surface area contributed by atoms with Crippen LogP contribution in [-0.4, -0.2) is 68.3 Å². The number of ether oxygens (including phenoxy) is 1. The van der Waals surface area contributed by atoms with Gasteiger partial charge in [0.2, 0.25) is 0 Å². The average Bonchev–Trinajstić information content (AvgIpc) is 3.55. The Bertz CT molecular complexity index is 334. The summed E-state index contributed by atoms with van der Waals surface area (Å²) in [7, 11) is 1.83. The molecular formula is C21H43N3O. The van der Waals surface area contributed by atoms with Crippen LogP contribution in [0.1, 0.15) is 65.2 Å². The van der Waals surface area contributed by atoms with Crippen LogP contribution in [0.25, 0.3) is 0 Å². The fraction of sp³-hybridized carbons (Fsp3) is 1.00. The van der Waals surface area contributed by atoms with Crippen LogP contribution in [0.3, 0.4) is 0 Å². The van der Waals surface area contributed by atoms with Gasteiger partial charge in [0.05, 0.1) is 6.10 Å². The van der Waals surface area contributed by atoms with Gasteiger partial charge in [0, 0.05) is 45.9 Å². The smallest absolute Gasteiger partial charge is 0.0595 e. The van der Waals surface area contributed by atoms with E-state index in [2.05, 4.69) is 9.80 Å². The van der Waals surface area contributed by atoms with Crippen molar-refractivity contribution in [1.29, 1.82) is 0 Å². The van der Waals surface area contributed by atoms with Gasteiger partial charge in [0.1, 0.15) is 0 Å². The Kier molecular flexibility index (Phi) is 9.75. The molecule has 4 aliphatic rings. The lowest BCUT2D eigenvalue weighted by atomic mass is 10.1. The number of nitrogens with two attached hydrogens (primary N) is 1. The second-order valence-corrected chi connectivity index (χ2v) is 8.28. The molecule has 2 saturated carbocycles. The van der Waals surface area contributed by atoms with Crippen molar-refractivity contribution in [3.8, 4) is 0 Å². The quantitative estimate of drug-likeness (QED) is 0.823. The normalized spacial score (nSPS) is 28.6. The second-order valence-electron chi connectivity index (χ2n) is 8.28. The van der Waals surface area contributed by atoms with Gasteiger partial charge in [-0.1, -0.05) is 13.8 Å². The van der Waals surface area contributed by atoms with E-state index < -0.39 is 0 Å². The van der Waals surface area contributed by atoms with Gasteiger partial charge in [0.25, 0.3) is 0 Å². The molecule has 4 rings (SSSR count). The summed E-state index contributed by atoms with van der Waals surface area (Å²) in [5, 5.41) is 0. The van der Waals surface area contributed by atoms with Gasteiger partial charge < -0.3 is 20.3 Å². The van der Waals surface area contributed by atoms with Gasteiger partial charge in [-0.15, -0.1) is 0 Å². The molecule has 4 heteroatoms. The lowest BCUT2D eigenvalue weighted by Crippen LogP contribution is -2.43. The van der Waals surface area contributed by atoms with Crippen LogP contribution < -0.4 is 5.73 Å². The highest BCUT2D eigenvalue weighted by atomic mass is 16.5. The maximum absolute atomic E-state index is 5.88. The Morgan fingerprint density at radius 1 is 0.800 bits per heavy atom. The van der Waals surface area contributed by atoms with Crippen LogP contribution in [0, 0.1) is 11.8 Å². The van der Waals surface area contributed by atoms with Crippen molar-refractivity contribution in [1.82, 2.24) is 9.80 Å². The van der Waals surface area contributed by atoms with E-state index in [0.29, 0.717) is 12.1 Å². The molecule has 0 aromatic rings. The number of nitrogens with zero attached hydrogens (tertiary/aromatic N) is 2. The molecule has 0 spiro atoms. The monoisotopic (exact) mass is 353 g/mol. The van der Waals surface area contributed by atoms with Crippen LogP contribution in [0.2, 0.25) is 0 Å². The van der Waals surface area contributed by atoms with Crippen molar-refractivity contribution in [3.05, 3.63) is 0 Å². The molecule has 2 heterocycles. The van der Waals surface area contributed by atoms with E-state index in [0.717, 1.165) is 18.4 Å². The third-order valence-electron chi connectivity index (χ3n) is 5.84. The second kappa shape index (κ2) is 11.5. The predicted octanol–water partition coefficient (Wildman–Crippen LogP) is 3.35. The van der Waals surface area contributed by atoms with E-state index in [9.17, 15) is 0 Å². The molecule has 2 aliphatic carbocycles. The molecular weight excluding hydrogens is 310 g/mol. The molecule has 1 atom stereocenters. The van der Waals surface area contributed by atoms with E-state index in [1.807, 2.05) is 21.0 Å². The molecule has 0 radical (unpaired) electrons. The molecule has 2 aliphatic heterocycles. The zero-order valence-electron chi connectivity index (χ0n) is 17.1. The lowest BCUT2D eigenvalue weighted by molar-refractivity contribution is 0.0398. The lowest BCUT2D eigenvalue weighted by Gasteiger charge is -2.31. The molecule has 4 nitrogen and oxygen atoms in total. The van der Waals surface area contributed by atoms with Crippen LogP contribution >= 0.6 is 0 Å². The first-order valence-corrected chi connectivity index (χ1v) is 11.0. The summed E-state index contributed by atoms with van der Waals surface area (Å²) >= 11 is 0. The van der Waals surface area contributed by atoms with Crippen molar-refractivity contribution >= 4 is 0 Å². The largest absolute Gasteiger partial charge is 0.381 e. The third kappa shape index (κ3) is 8.85. The molecule has 25 heavy (non-hydrogen) atoms. The van der Waals surface area contributed by atoms with Gasteiger partial charge in [-0.05, 0) is 69.7 Å². The standard InChI is InChI=1S/C10H19NO.C9H18N2.C2H6/c1-12-10-4-6-11(7-5-10)8-9-2-3-9;10-9-2-1-5-11(7-9)6-8-3-4-8;1-2/h9-10H,2-8H2,1H3;8-9H,1-7,10H2;1-2H3. The van der Waals surface area contributed by atoms with Gasteiger partial charge in [-0.2, -0.15) is 0 Å². The molecule has 2 saturated heterocycles. The summed E-state index contributed by atoms with van der Waals surface area (Å²) in [6, 6.07) is 0.461. The molecule has 0 aromatic heterocycles.